The fourth-order valence-corrected chi connectivity index (χ4v) is 2.78. The molecule has 0 amide bonds. The summed E-state index contributed by atoms with van der Waals surface area (Å²) in [5.74, 6) is 0.0809. The zero-order valence-electron chi connectivity index (χ0n) is 16.8. The van der Waals surface area contributed by atoms with Crippen molar-refractivity contribution in [3.05, 3.63) is 35.9 Å². The summed E-state index contributed by atoms with van der Waals surface area (Å²) in [5.41, 5.74) is 0.513. The third kappa shape index (κ3) is 6.44. The van der Waals surface area contributed by atoms with Gasteiger partial charge in [-0.05, 0) is 37.9 Å². The smallest absolute Gasteiger partial charge is 0.328 e. The van der Waals surface area contributed by atoms with Crippen LogP contribution >= 0.6 is 0 Å². The van der Waals surface area contributed by atoms with E-state index in [0.717, 1.165) is 38.2 Å². The van der Waals surface area contributed by atoms with Crippen LogP contribution in [0.15, 0.2) is 30.3 Å². The van der Waals surface area contributed by atoms with Crippen LogP contribution in [0.5, 0.6) is 0 Å². The second-order valence-corrected chi connectivity index (χ2v) is 7.07. The molecule has 0 fully saturated rings. The average Bonchev–Trinajstić information content (AvgIpc) is 2.62. The van der Waals surface area contributed by atoms with Crippen molar-refractivity contribution in [2.45, 2.75) is 59.6 Å². The number of rotatable bonds is 11. The first-order chi connectivity index (χ1) is 11.9. The maximum Gasteiger partial charge on any atom is 0.328 e. The molecule has 1 aromatic rings. The SMILES string of the molecule is CCN(CC)CCNC(C(=O)OC(C)(CC)C(C)C)c1ccccc1. The summed E-state index contributed by atoms with van der Waals surface area (Å²) in [6.07, 6.45) is 0.803. The highest BCUT2D eigenvalue weighted by Crippen LogP contribution is 2.28. The fraction of sp³-hybridized carbons (Fsp3) is 0.667. The third-order valence-electron chi connectivity index (χ3n) is 5.30. The first-order valence-electron chi connectivity index (χ1n) is 9.61. The molecule has 2 atom stereocenters. The van der Waals surface area contributed by atoms with Gasteiger partial charge >= 0.3 is 5.97 Å². The molecular weight excluding hydrogens is 312 g/mol. The monoisotopic (exact) mass is 348 g/mol. The number of hydrogen-bond acceptors (Lipinski definition) is 4. The van der Waals surface area contributed by atoms with Gasteiger partial charge in [-0.2, -0.15) is 0 Å². The Kier molecular flexibility index (Phi) is 9.15. The van der Waals surface area contributed by atoms with Crippen molar-refractivity contribution in [2.75, 3.05) is 26.2 Å². The zero-order chi connectivity index (χ0) is 18.9. The molecule has 0 saturated heterocycles. The van der Waals surface area contributed by atoms with E-state index in [1.54, 1.807) is 0 Å². The molecule has 0 heterocycles. The number of likely N-dealkylation sites (N-methyl/N-ethyl adjacent to an activating group) is 1. The number of nitrogens with zero attached hydrogens (tertiary/aromatic N) is 1. The van der Waals surface area contributed by atoms with Crippen molar-refractivity contribution in [1.82, 2.24) is 10.2 Å². The van der Waals surface area contributed by atoms with Crippen LogP contribution < -0.4 is 5.32 Å². The Bertz CT molecular complexity index is 500. The van der Waals surface area contributed by atoms with Crippen molar-refractivity contribution in [2.24, 2.45) is 5.92 Å². The van der Waals surface area contributed by atoms with Gasteiger partial charge in [0.05, 0.1) is 0 Å². The van der Waals surface area contributed by atoms with Crippen LogP contribution in [-0.2, 0) is 9.53 Å². The van der Waals surface area contributed by atoms with Gasteiger partial charge in [0.15, 0.2) is 0 Å². The van der Waals surface area contributed by atoms with Crippen LogP contribution in [0.25, 0.3) is 0 Å². The Morgan fingerprint density at radius 1 is 1.16 bits per heavy atom. The second kappa shape index (κ2) is 10.6. The van der Waals surface area contributed by atoms with Gasteiger partial charge in [0.2, 0.25) is 0 Å². The lowest BCUT2D eigenvalue weighted by Gasteiger charge is -2.34. The Hall–Kier alpha value is -1.39. The minimum absolute atomic E-state index is 0.191. The van der Waals surface area contributed by atoms with Crippen LogP contribution in [0.4, 0.5) is 0 Å². The number of ether oxygens (including phenoxy) is 1. The van der Waals surface area contributed by atoms with E-state index in [1.807, 2.05) is 37.3 Å². The lowest BCUT2D eigenvalue weighted by Crippen LogP contribution is -2.42. The number of esters is 1. The Morgan fingerprint density at radius 2 is 1.76 bits per heavy atom. The predicted octanol–water partition coefficient (Wildman–Crippen LogP) is 4.03. The molecule has 4 heteroatoms. The van der Waals surface area contributed by atoms with E-state index < -0.39 is 11.6 Å². The average molecular weight is 349 g/mol. The van der Waals surface area contributed by atoms with E-state index in [9.17, 15) is 4.79 Å². The largest absolute Gasteiger partial charge is 0.458 e. The molecule has 2 unspecified atom stereocenters. The lowest BCUT2D eigenvalue weighted by atomic mass is 9.89. The fourth-order valence-electron chi connectivity index (χ4n) is 2.78. The molecule has 25 heavy (non-hydrogen) atoms. The highest BCUT2D eigenvalue weighted by Gasteiger charge is 2.34. The number of carbonyl (C=O) groups excluding carboxylic acids is 1. The summed E-state index contributed by atoms with van der Waals surface area (Å²) in [6, 6.07) is 9.42. The van der Waals surface area contributed by atoms with Gasteiger partial charge in [-0.3, -0.25) is 5.32 Å². The molecule has 1 N–H and O–H groups in total. The lowest BCUT2D eigenvalue weighted by molar-refractivity contribution is -0.166. The Morgan fingerprint density at radius 3 is 2.24 bits per heavy atom. The standard InChI is InChI=1S/C21H36N2O2/c1-7-21(6,17(4)5)25-20(24)19(18-13-11-10-12-14-18)22-15-16-23(8-2)9-3/h10-14,17,19,22H,7-9,15-16H2,1-6H3. The number of benzene rings is 1. The van der Waals surface area contributed by atoms with E-state index in [2.05, 4.69) is 44.8 Å². The predicted molar refractivity (Wildman–Crippen MR) is 105 cm³/mol. The van der Waals surface area contributed by atoms with Crippen molar-refractivity contribution >= 4 is 5.97 Å². The molecule has 0 aromatic heterocycles. The Labute approximate surface area is 153 Å². The first-order valence-corrected chi connectivity index (χ1v) is 9.61. The van der Waals surface area contributed by atoms with Gasteiger partial charge in [0.1, 0.15) is 11.6 Å². The van der Waals surface area contributed by atoms with Crippen LogP contribution in [0.3, 0.4) is 0 Å². The van der Waals surface area contributed by atoms with E-state index in [-0.39, 0.29) is 11.9 Å². The van der Waals surface area contributed by atoms with Gasteiger partial charge in [-0.25, -0.2) is 4.79 Å². The molecule has 0 aliphatic heterocycles. The number of carbonyl (C=O) groups is 1. The van der Waals surface area contributed by atoms with Crippen molar-refractivity contribution in [3.63, 3.8) is 0 Å². The van der Waals surface area contributed by atoms with Gasteiger partial charge in [0, 0.05) is 13.1 Å². The van der Waals surface area contributed by atoms with Crippen LogP contribution in [0.2, 0.25) is 0 Å². The highest BCUT2D eigenvalue weighted by atomic mass is 16.6. The summed E-state index contributed by atoms with van der Waals surface area (Å²) >= 11 is 0. The quantitative estimate of drug-likeness (QED) is 0.613. The molecule has 4 nitrogen and oxygen atoms in total. The topological polar surface area (TPSA) is 41.6 Å². The molecule has 0 aliphatic rings. The van der Waals surface area contributed by atoms with E-state index in [1.165, 1.54) is 0 Å². The second-order valence-electron chi connectivity index (χ2n) is 7.07. The molecule has 0 aliphatic carbocycles. The summed E-state index contributed by atoms with van der Waals surface area (Å²) in [4.78, 5) is 15.3. The van der Waals surface area contributed by atoms with Crippen molar-refractivity contribution < 1.29 is 9.53 Å². The third-order valence-corrected chi connectivity index (χ3v) is 5.30. The van der Waals surface area contributed by atoms with E-state index in [4.69, 9.17) is 4.74 Å². The van der Waals surface area contributed by atoms with Crippen LogP contribution in [0, 0.1) is 5.92 Å². The molecule has 0 radical (unpaired) electrons. The maximum atomic E-state index is 12.9. The molecule has 142 valence electrons. The molecule has 0 saturated carbocycles. The number of hydrogen-bond donors (Lipinski definition) is 1. The van der Waals surface area contributed by atoms with Gasteiger partial charge in [0.25, 0.3) is 0 Å². The van der Waals surface area contributed by atoms with Gasteiger partial charge in [-0.1, -0.05) is 65.0 Å². The summed E-state index contributed by atoms with van der Waals surface area (Å²) < 4.78 is 5.96. The van der Waals surface area contributed by atoms with E-state index in [0.29, 0.717) is 0 Å². The van der Waals surface area contributed by atoms with Gasteiger partial charge < -0.3 is 9.64 Å². The van der Waals surface area contributed by atoms with Crippen molar-refractivity contribution in [3.8, 4) is 0 Å². The minimum atomic E-state index is -0.440. The minimum Gasteiger partial charge on any atom is -0.458 e. The normalized spacial score (nSPS) is 15.2. The van der Waals surface area contributed by atoms with E-state index >= 15 is 0 Å². The summed E-state index contributed by atoms with van der Waals surface area (Å²) in [5, 5.41) is 3.40. The maximum absolute atomic E-state index is 12.9. The molecular formula is C21H36N2O2. The highest BCUT2D eigenvalue weighted by molar-refractivity contribution is 5.78. The molecule has 1 aromatic carbocycles. The zero-order valence-corrected chi connectivity index (χ0v) is 16.8. The van der Waals surface area contributed by atoms with Crippen LogP contribution in [0.1, 0.15) is 59.6 Å². The summed E-state index contributed by atoms with van der Waals surface area (Å²) in [6.45, 7) is 16.3. The van der Waals surface area contributed by atoms with Gasteiger partial charge in [-0.15, -0.1) is 0 Å². The van der Waals surface area contributed by atoms with Crippen molar-refractivity contribution in [1.29, 1.82) is 0 Å². The first kappa shape index (κ1) is 21.7. The summed E-state index contributed by atoms with van der Waals surface area (Å²) in [7, 11) is 0. The molecule has 1 rings (SSSR count). The number of nitrogens with one attached hydrogen (secondary N) is 1. The Balaban J connectivity index is 2.86. The molecule has 0 spiro atoms. The van der Waals surface area contributed by atoms with Crippen LogP contribution in [-0.4, -0.2) is 42.6 Å². The molecule has 0 bridgehead atoms.